The van der Waals surface area contributed by atoms with Gasteiger partial charge in [-0.3, -0.25) is 10.1 Å². The highest BCUT2D eigenvalue weighted by molar-refractivity contribution is 6.33. The van der Waals surface area contributed by atoms with Crippen molar-refractivity contribution in [1.82, 2.24) is 0 Å². The molecule has 0 fully saturated rings. The summed E-state index contributed by atoms with van der Waals surface area (Å²) in [6, 6.07) is 6.56. The maximum Gasteiger partial charge on any atom is 0.288 e. The van der Waals surface area contributed by atoms with E-state index in [-0.39, 0.29) is 10.7 Å². The van der Waals surface area contributed by atoms with Crippen molar-refractivity contribution in [3.63, 3.8) is 0 Å². The van der Waals surface area contributed by atoms with Crippen LogP contribution in [0.1, 0.15) is 5.56 Å². The van der Waals surface area contributed by atoms with Gasteiger partial charge in [-0.2, -0.15) is 0 Å². The Morgan fingerprint density at radius 3 is 2.69 bits per heavy atom. The number of rotatable bonds is 2. The molecule has 0 amide bonds. The Bertz CT molecular complexity index is 534. The van der Waals surface area contributed by atoms with E-state index in [9.17, 15) is 10.1 Å². The predicted molar refractivity (Wildman–Crippen MR) is 60.5 cm³/mol. The lowest BCUT2D eigenvalue weighted by Gasteiger charge is -2.04. The van der Waals surface area contributed by atoms with Crippen molar-refractivity contribution < 1.29 is 9.34 Å². The van der Waals surface area contributed by atoms with E-state index in [4.69, 9.17) is 16.0 Å². The van der Waals surface area contributed by atoms with Gasteiger partial charge in [-0.25, -0.2) is 0 Å². The molecular formula is C11H8ClNO3. The molecule has 0 aliphatic carbocycles. The van der Waals surface area contributed by atoms with Crippen LogP contribution in [0.5, 0.6) is 0 Å². The molecule has 0 saturated heterocycles. The van der Waals surface area contributed by atoms with Crippen LogP contribution in [0.15, 0.2) is 34.9 Å². The van der Waals surface area contributed by atoms with Crippen molar-refractivity contribution in [2.45, 2.75) is 6.92 Å². The molecule has 5 heteroatoms. The van der Waals surface area contributed by atoms with Gasteiger partial charge in [0.05, 0.1) is 11.2 Å². The first-order valence-electron chi connectivity index (χ1n) is 4.58. The lowest BCUT2D eigenvalue weighted by Crippen LogP contribution is -1.92. The average molecular weight is 238 g/mol. The first-order chi connectivity index (χ1) is 7.61. The van der Waals surface area contributed by atoms with Gasteiger partial charge in [0.15, 0.2) is 0 Å². The van der Waals surface area contributed by atoms with Crippen molar-refractivity contribution in [2.75, 3.05) is 0 Å². The number of benzene rings is 1. The van der Waals surface area contributed by atoms with Crippen LogP contribution in [0.4, 0.5) is 5.69 Å². The number of furan rings is 1. The van der Waals surface area contributed by atoms with Crippen LogP contribution < -0.4 is 0 Å². The molecule has 0 bridgehead atoms. The highest BCUT2D eigenvalue weighted by Crippen LogP contribution is 2.34. The summed E-state index contributed by atoms with van der Waals surface area (Å²) in [6.07, 6.45) is 1.55. The maximum absolute atomic E-state index is 10.7. The molecule has 1 aromatic carbocycles. The smallest absolute Gasteiger partial charge is 0.288 e. The monoisotopic (exact) mass is 237 g/mol. The summed E-state index contributed by atoms with van der Waals surface area (Å²) in [6.45, 7) is 1.73. The maximum atomic E-state index is 10.7. The summed E-state index contributed by atoms with van der Waals surface area (Å²) in [5.74, 6) is 0.647. The number of nitro benzene ring substituents is 1. The second kappa shape index (κ2) is 3.98. The fraction of sp³-hybridized carbons (Fsp3) is 0.0909. The molecule has 16 heavy (non-hydrogen) atoms. The van der Waals surface area contributed by atoms with E-state index < -0.39 is 4.92 Å². The molecule has 0 saturated carbocycles. The fourth-order valence-electron chi connectivity index (χ4n) is 1.51. The van der Waals surface area contributed by atoms with Crippen molar-refractivity contribution in [1.29, 1.82) is 0 Å². The minimum Gasteiger partial charge on any atom is -0.464 e. The minimum absolute atomic E-state index is 0.0885. The van der Waals surface area contributed by atoms with Crippen molar-refractivity contribution in [3.05, 3.63) is 51.2 Å². The van der Waals surface area contributed by atoms with Crippen LogP contribution in [0.25, 0.3) is 11.3 Å². The van der Waals surface area contributed by atoms with Crippen LogP contribution >= 0.6 is 11.6 Å². The van der Waals surface area contributed by atoms with E-state index in [1.54, 1.807) is 31.4 Å². The molecule has 2 rings (SSSR count). The number of hydrogen-bond acceptors (Lipinski definition) is 3. The molecule has 0 aliphatic rings. The molecule has 0 N–H and O–H groups in total. The van der Waals surface area contributed by atoms with Gasteiger partial charge < -0.3 is 4.42 Å². The molecule has 0 spiro atoms. The molecule has 82 valence electrons. The lowest BCUT2D eigenvalue weighted by atomic mass is 10.1. The summed E-state index contributed by atoms with van der Waals surface area (Å²) in [5.41, 5.74) is 1.32. The molecule has 0 atom stereocenters. The van der Waals surface area contributed by atoms with Crippen LogP contribution in [0.3, 0.4) is 0 Å². The van der Waals surface area contributed by atoms with Gasteiger partial charge in [0.1, 0.15) is 10.8 Å². The van der Waals surface area contributed by atoms with Crippen molar-refractivity contribution >= 4 is 17.3 Å². The highest BCUT2D eigenvalue weighted by Gasteiger charge is 2.18. The van der Waals surface area contributed by atoms with Gasteiger partial charge in [0.25, 0.3) is 5.69 Å². The number of nitrogens with zero attached hydrogens (tertiary/aromatic N) is 1. The van der Waals surface area contributed by atoms with Gasteiger partial charge in [-0.15, -0.1) is 0 Å². The largest absolute Gasteiger partial charge is 0.464 e. The normalized spacial score (nSPS) is 10.4. The third-order valence-electron chi connectivity index (χ3n) is 2.35. The molecule has 0 radical (unpaired) electrons. The zero-order chi connectivity index (χ0) is 11.7. The minimum atomic E-state index is -0.499. The summed E-state index contributed by atoms with van der Waals surface area (Å²) < 4.78 is 5.23. The molecule has 1 aromatic heterocycles. The van der Waals surface area contributed by atoms with Gasteiger partial charge >= 0.3 is 0 Å². The number of nitro groups is 1. The van der Waals surface area contributed by atoms with Crippen LogP contribution in [-0.2, 0) is 0 Å². The van der Waals surface area contributed by atoms with E-state index in [2.05, 4.69) is 0 Å². The fourth-order valence-corrected chi connectivity index (χ4v) is 1.74. The Labute approximate surface area is 96.6 Å². The molecular weight excluding hydrogens is 230 g/mol. The second-order valence-electron chi connectivity index (χ2n) is 3.31. The predicted octanol–water partition coefficient (Wildman–Crippen LogP) is 3.82. The summed E-state index contributed by atoms with van der Waals surface area (Å²) >= 11 is 5.93. The van der Waals surface area contributed by atoms with E-state index in [1.165, 1.54) is 6.07 Å². The summed E-state index contributed by atoms with van der Waals surface area (Å²) in [4.78, 5) is 10.2. The Morgan fingerprint density at radius 2 is 2.12 bits per heavy atom. The summed E-state index contributed by atoms with van der Waals surface area (Å²) in [5, 5.41) is 10.8. The van der Waals surface area contributed by atoms with Gasteiger partial charge in [-0.05, 0) is 30.7 Å². The first kappa shape index (κ1) is 10.7. The average Bonchev–Trinajstić information content (AvgIpc) is 2.74. The molecule has 0 unspecified atom stereocenters. The second-order valence-corrected chi connectivity index (χ2v) is 3.68. The van der Waals surface area contributed by atoms with Crippen molar-refractivity contribution in [2.24, 2.45) is 0 Å². The lowest BCUT2D eigenvalue weighted by molar-refractivity contribution is -0.384. The van der Waals surface area contributed by atoms with Crippen LogP contribution in [0, 0.1) is 17.0 Å². The van der Waals surface area contributed by atoms with E-state index in [0.29, 0.717) is 11.3 Å². The quantitative estimate of drug-likeness (QED) is 0.589. The Kier molecular flexibility index (Phi) is 2.66. The van der Waals surface area contributed by atoms with Crippen molar-refractivity contribution in [3.8, 4) is 11.3 Å². The molecule has 1 heterocycles. The first-order valence-corrected chi connectivity index (χ1v) is 4.96. The zero-order valence-corrected chi connectivity index (χ0v) is 9.19. The third kappa shape index (κ3) is 1.67. The number of halogens is 1. The zero-order valence-electron chi connectivity index (χ0n) is 8.44. The highest BCUT2D eigenvalue weighted by atomic mass is 35.5. The molecule has 2 aromatic rings. The van der Waals surface area contributed by atoms with E-state index in [0.717, 1.165) is 5.56 Å². The van der Waals surface area contributed by atoms with E-state index in [1.807, 2.05) is 0 Å². The topological polar surface area (TPSA) is 56.3 Å². The standard InChI is InChI=1S/C11H8ClNO3/c1-7-8(10-3-2-6-16-10)4-5-9(11(7)12)13(14)15/h2-6H,1H3. The Morgan fingerprint density at radius 1 is 1.38 bits per heavy atom. The number of hydrogen-bond donors (Lipinski definition) is 0. The van der Waals surface area contributed by atoms with E-state index >= 15 is 0 Å². The molecule has 0 aliphatic heterocycles. The van der Waals surface area contributed by atoms with Gasteiger partial charge in [-0.1, -0.05) is 11.6 Å². The van der Waals surface area contributed by atoms with Crippen LogP contribution in [0.2, 0.25) is 5.02 Å². The SMILES string of the molecule is Cc1c(-c2ccco2)ccc([N+](=O)[O-])c1Cl. The molecule has 4 nitrogen and oxygen atoms in total. The Balaban J connectivity index is 2.60. The van der Waals surface area contributed by atoms with Gasteiger partial charge in [0.2, 0.25) is 0 Å². The van der Waals surface area contributed by atoms with Crippen LogP contribution in [-0.4, -0.2) is 4.92 Å². The van der Waals surface area contributed by atoms with Gasteiger partial charge in [0, 0.05) is 11.6 Å². The summed E-state index contributed by atoms with van der Waals surface area (Å²) in [7, 11) is 0. The third-order valence-corrected chi connectivity index (χ3v) is 2.83. The Hall–Kier alpha value is -1.81.